The van der Waals surface area contributed by atoms with Crippen LogP contribution in [0.15, 0.2) is 0 Å². The van der Waals surface area contributed by atoms with Gasteiger partial charge in [-0.1, -0.05) is 19.8 Å². The molecule has 0 radical (unpaired) electrons. The molecule has 19 heavy (non-hydrogen) atoms. The molecule has 0 bridgehead atoms. The predicted molar refractivity (Wildman–Crippen MR) is 79.4 cm³/mol. The summed E-state index contributed by atoms with van der Waals surface area (Å²) in [5.74, 6) is 0. The topological polar surface area (TPSA) is 38.7 Å². The van der Waals surface area contributed by atoms with E-state index in [1.54, 1.807) is 0 Å². The summed E-state index contributed by atoms with van der Waals surface area (Å²) in [4.78, 5) is 5.19. The van der Waals surface area contributed by atoms with Crippen LogP contribution in [0.1, 0.15) is 39.5 Å². The van der Waals surface area contributed by atoms with Crippen LogP contribution in [0.2, 0.25) is 0 Å². The Hall–Kier alpha value is -0.160. The van der Waals surface area contributed by atoms with Crippen LogP contribution in [0.3, 0.4) is 0 Å². The van der Waals surface area contributed by atoms with E-state index in [1.807, 2.05) is 0 Å². The van der Waals surface area contributed by atoms with Crippen LogP contribution in [0.5, 0.6) is 0 Å². The van der Waals surface area contributed by atoms with Crippen LogP contribution in [0, 0.1) is 0 Å². The second-order valence-corrected chi connectivity index (χ2v) is 6.50. The van der Waals surface area contributed by atoms with E-state index in [2.05, 4.69) is 29.0 Å². The Labute approximate surface area is 118 Å². The van der Waals surface area contributed by atoms with Gasteiger partial charge in [0.05, 0.1) is 12.1 Å². The Balaban J connectivity index is 1.76. The first-order valence-electron chi connectivity index (χ1n) is 7.99. The smallest absolute Gasteiger partial charge is 0.0623 e. The third-order valence-electron chi connectivity index (χ3n) is 4.77. The second kappa shape index (κ2) is 7.02. The molecule has 0 aromatic rings. The van der Waals surface area contributed by atoms with Gasteiger partial charge in [-0.05, 0) is 26.3 Å². The van der Waals surface area contributed by atoms with Crippen molar-refractivity contribution in [2.24, 2.45) is 0 Å². The fourth-order valence-corrected chi connectivity index (χ4v) is 3.64. The van der Waals surface area contributed by atoms with Crippen molar-refractivity contribution in [3.63, 3.8) is 0 Å². The number of hydrogen-bond acceptors (Lipinski definition) is 4. The van der Waals surface area contributed by atoms with Crippen molar-refractivity contribution in [1.82, 2.24) is 15.1 Å². The van der Waals surface area contributed by atoms with Gasteiger partial charge in [0.1, 0.15) is 0 Å². The van der Waals surface area contributed by atoms with E-state index in [0.29, 0.717) is 0 Å². The van der Waals surface area contributed by atoms with Gasteiger partial charge in [0.2, 0.25) is 0 Å². The Morgan fingerprint density at radius 3 is 2.32 bits per heavy atom. The van der Waals surface area contributed by atoms with Crippen LogP contribution >= 0.6 is 0 Å². The average Bonchev–Trinajstić information content (AvgIpc) is 2.94. The van der Waals surface area contributed by atoms with Gasteiger partial charge in [0.15, 0.2) is 0 Å². The van der Waals surface area contributed by atoms with Crippen molar-refractivity contribution >= 4 is 0 Å². The standard InChI is InChI=1S/C15H31N3O/c1-3-16-15(2,13-19)12-17-8-10-18(11-9-17)14-6-4-5-7-14/h14,16,19H,3-13H2,1-2H3. The molecule has 1 saturated carbocycles. The Morgan fingerprint density at radius 1 is 1.16 bits per heavy atom. The molecule has 2 rings (SSSR count). The van der Waals surface area contributed by atoms with Crippen molar-refractivity contribution in [3.05, 3.63) is 0 Å². The summed E-state index contributed by atoms with van der Waals surface area (Å²) in [6, 6.07) is 0.861. The first-order chi connectivity index (χ1) is 9.17. The summed E-state index contributed by atoms with van der Waals surface area (Å²) < 4.78 is 0. The van der Waals surface area contributed by atoms with Gasteiger partial charge < -0.3 is 10.4 Å². The monoisotopic (exact) mass is 269 g/mol. The largest absolute Gasteiger partial charge is 0.394 e. The molecule has 1 aliphatic heterocycles. The fraction of sp³-hybridized carbons (Fsp3) is 1.00. The van der Waals surface area contributed by atoms with E-state index in [1.165, 1.54) is 38.8 Å². The zero-order chi connectivity index (χ0) is 13.7. The molecule has 1 atom stereocenters. The van der Waals surface area contributed by atoms with E-state index in [9.17, 15) is 5.11 Å². The van der Waals surface area contributed by atoms with Gasteiger partial charge >= 0.3 is 0 Å². The molecular weight excluding hydrogens is 238 g/mol. The van der Waals surface area contributed by atoms with Crippen LogP contribution in [-0.4, -0.2) is 72.4 Å². The van der Waals surface area contributed by atoms with Crippen LogP contribution < -0.4 is 5.32 Å². The number of nitrogens with one attached hydrogen (secondary N) is 1. The molecule has 0 spiro atoms. The molecule has 4 heteroatoms. The highest BCUT2D eigenvalue weighted by Gasteiger charge is 2.30. The minimum absolute atomic E-state index is 0.149. The van der Waals surface area contributed by atoms with E-state index < -0.39 is 0 Å². The fourth-order valence-electron chi connectivity index (χ4n) is 3.64. The van der Waals surface area contributed by atoms with Gasteiger partial charge in [-0.15, -0.1) is 0 Å². The summed E-state index contributed by atoms with van der Waals surface area (Å²) in [5, 5.41) is 13.0. The first kappa shape index (κ1) is 15.2. The average molecular weight is 269 g/mol. The van der Waals surface area contributed by atoms with E-state index in [-0.39, 0.29) is 12.1 Å². The molecule has 2 aliphatic rings. The van der Waals surface area contributed by atoms with Crippen molar-refractivity contribution in [1.29, 1.82) is 0 Å². The molecule has 0 amide bonds. The lowest BCUT2D eigenvalue weighted by molar-refractivity contribution is 0.0625. The molecule has 1 unspecified atom stereocenters. The molecule has 4 nitrogen and oxygen atoms in total. The molecule has 1 heterocycles. The van der Waals surface area contributed by atoms with Crippen molar-refractivity contribution in [2.45, 2.75) is 51.1 Å². The number of rotatable bonds is 6. The Morgan fingerprint density at radius 2 is 1.79 bits per heavy atom. The van der Waals surface area contributed by atoms with Crippen molar-refractivity contribution in [2.75, 3.05) is 45.9 Å². The van der Waals surface area contributed by atoms with Crippen molar-refractivity contribution in [3.8, 4) is 0 Å². The number of piperazine rings is 1. The van der Waals surface area contributed by atoms with E-state index in [0.717, 1.165) is 32.2 Å². The van der Waals surface area contributed by atoms with Crippen LogP contribution in [0.25, 0.3) is 0 Å². The quantitative estimate of drug-likeness (QED) is 0.752. The lowest BCUT2D eigenvalue weighted by Crippen LogP contribution is -2.58. The maximum absolute atomic E-state index is 9.57. The summed E-state index contributed by atoms with van der Waals surface area (Å²) in [6.07, 6.45) is 5.67. The normalized spacial score (nSPS) is 26.7. The van der Waals surface area contributed by atoms with E-state index >= 15 is 0 Å². The Bertz CT molecular complexity index is 260. The highest BCUT2D eigenvalue weighted by molar-refractivity contribution is 4.89. The highest BCUT2D eigenvalue weighted by atomic mass is 16.3. The van der Waals surface area contributed by atoms with Gasteiger partial charge in [-0.3, -0.25) is 9.80 Å². The maximum atomic E-state index is 9.57. The SMILES string of the molecule is CCNC(C)(CO)CN1CCN(C2CCCC2)CC1. The number of hydrogen-bond donors (Lipinski definition) is 2. The Kier molecular flexibility index (Phi) is 5.63. The number of aliphatic hydroxyl groups is 1. The molecular formula is C15H31N3O. The predicted octanol–water partition coefficient (Wildman–Crippen LogP) is 0.907. The molecule has 112 valence electrons. The lowest BCUT2D eigenvalue weighted by Gasteiger charge is -2.41. The molecule has 0 aromatic carbocycles. The second-order valence-electron chi connectivity index (χ2n) is 6.50. The summed E-state index contributed by atoms with van der Waals surface area (Å²) in [7, 11) is 0. The molecule has 1 saturated heterocycles. The summed E-state index contributed by atoms with van der Waals surface area (Å²) in [5.41, 5.74) is -0.149. The third kappa shape index (κ3) is 4.15. The minimum atomic E-state index is -0.149. The number of nitrogens with zero attached hydrogens (tertiary/aromatic N) is 2. The number of likely N-dealkylation sites (N-methyl/N-ethyl adjacent to an activating group) is 1. The molecule has 0 aromatic heterocycles. The van der Waals surface area contributed by atoms with Gasteiger partial charge in [-0.2, -0.15) is 0 Å². The van der Waals surface area contributed by atoms with Crippen LogP contribution in [-0.2, 0) is 0 Å². The van der Waals surface area contributed by atoms with Gasteiger partial charge in [0.25, 0.3) is 0 Å². The molecule has 1 aliphatic carbocycles. The summed E-state index contributed by atoms with van der Waals surface area (Å²) >= 11 is 0. The number of aliphatic hydroxyl groups excluding tert-OH is 1. The van der Waals surface area contributed by atoms with E-state index in [4.69, 9.17) is 0 Å². The zero-order valence-electron chi connectivity index (χ0n) is 12.7. The van der Waals surface area contributed by atoms with Gasteiger partial charge in [0, 0.05) is 38.8 Å². The first-order valence-corrected chi connectivity index (χ1v) is 7.99. The molecule has 2 fully saturated rings. The minimum Gasteiger partial charge on any atom is -0.394 e. The summed E-state index contributed by atoms with van der Waals surface area (Å²) in [6.45, 7) is 11.0. The lowest BCUT2D eigenvalue weighted by atomic mass is 10.0. The van der Waals surface area contributed by atoms with Crippen LogP contribution in [0.4, 0.5) is 0 Å². The zero-order valence-corrected chi connectivity index (χ0v) is 12.7. The highest BCUT2D eigenvalue weighted by Crippen LogP contribution is 2.24. The van der Waals surface area contributed by atoms with Crippen molar-refractivity contribution < 1.29 is 5.11 Å². The van der Waals surface area contributed by atoms with Gasteiger partial charge in [-0.25, -0.2) is 0 Å². The maximum Gasteiger partial charge on any atom is 0.0623 e. The third-order valence-corrected chi connectivity index (χ3v) is 4.77. The molecule has 2 N–H and O–H groups in total.